The van der Waals surface area contributed by atoms with Crippen molar-refractivity contribution < 1.29 is 22.7 Å². The highest BCUT2D eigenvalue weighted by Crippen LogP contribution is 2.32. The van der Waals surface area contributed by atoms with Crippen molar-refractivity contribution in [3.05, 3.63) is 53.3 Å². The highest BCUT2D eigenvalue weighted by Gasteiger charge is 2.37. The molecule has 8 nitrogen and oxygen atoms in total. The van der Waals surface area contributed by atoms with Gasteiger partial charge in [-0.25, -0.2) is 8.42 Å². The summed E-state index contributed by atoms with van der Waals surface area (Å²) in [6.45, 7) is 5.56. The number of carbonyl (C=O) groups excluding carboxylic acids is 1. The van der Waals surface area contributed by atoms with E-state index in [1.165, 1.54) is 4.31 Å². The Labute approximate surface area is 201 Å². The molecule has 2 atom stereocenters. The minimum absolute atomic E-state index is 0.0370. The average Bonchev–Trinajstić information content (AvgIpc) is 3.49. The number of carbonyl (C=O) groups is 1. The predicted molar refractivity (Wildman–Crippen MR) is 128 cm³/mol. The fourth-order valence-corrected chi connectivity index (χ4v) is 7.19. The fourth-order valence-electron chi connectivity index (χ4n) is 5.09. The number of rotatable bonds is 8. The Bertz CT molecular complexity index is 1100. The molecule has 184 valence electrons. The zero-order chi connectivity index (χ0) is 24.3. The van der Waals surface area contributed by atoms with E-state index >= 15 is 0 Å². The Balaban J connectivity index is 1.34. The number of hydrogen-bond acceptors (Lipinski definition) is 6. The molecule has 1 aromatic carbocycles. The lowest BCUT2D eigenvalue weighted by Gasteiger charge is -2.26. The number of nitrogens with zero attached hydrogens (tertiary/aromatic N) is 3. The molecule has 2 aromatic rings. The standard InChI is InChI=1S/C25H33N3O5S/c1-18-12-23(32-3)13-19(2)25(18)34(30,31)28-10-5-7-22(28)16-33-17-24(29)27-11-8-21(15-27)20-6-4-9-26-14-20/h4,6,9,12-14,21-22H,5,7-8,10-11,15-17H2,1-3H3. The van der Waals surface area contributed by atoms with Crippen LogP contribution in [0.15, 0.2) is 41.6 Å². The van der Waals surface area contributed by atoms with Gasteiger partial charge in [0.15, 0.2) is 0 Å². The van der Waals surface area contributed by atoms with E-state index in [1.54, 1.807) is 39.3 Å². The molecule has 2 unspecified atom stereocenters. The Hall–Kier alpha value is -2.49. The van der Waals surface area contributed by atoms with Crippen LogP contribution in [0.5, 0.6) is 5.75 Å². The molecule has 1 amide bonds. The predicted octanol–water partition coefficient (Wildman–Crippen LogP) is 2.89. The van der Waals surface area contributed by atoms with Gasteiger partial charge in [-0.05, 0) is 68.0 Å². The summed E-state index contributed by atoms with van der Waals surface area (Å²) in [5.41, 5.74) is 2.47. The van der Waals surface area contributed by atoms with Crippen molar-refractivity contribution in [2.24, 2.45) is 0 Å². The molecule has 0 radical (unpaired) electrons. The highest BCUT2D eigenvalue weighted by atomic mass is 32.2. The lowest BCUT2D eigenvalue weighted by Crippen LogP contribution is -2.40. The molecule has 0 aliphatic carbocycles. The van der Waals surface area contributed by atoms with Crippen LogP contribution in [0.3, 0.4) is 0 Å². The van der Waals surface area contributed by atoms with E-state index in [9.17, 15) is 13.2 Å². The molecular formula is C25H33N3O5S. The second-order valence-electron chi connectivity index (χ2n) is 9.13. The average molecular weight is 488 g/mol. The second-order valence-corrected chi connectivity index (χ2v) is 11.0. The van der Waals surface area contributed by atoms with Gasteiger partial charge in [-0.3, -0.25) is 9.78 Å². The maximum atomic E-state index is 13.5. The lowest BCUT2D eigenvalue weighted by atomic mass is 10.0. The number of methoxy groups -OCH3 is 1. The van der Waals surface area contributed by atoms with E-state index < -0.39 is 10.0 Å². The van der Waals surface area contributed by atoms with Gasteiger partial charge in [0.1, 0.15) is 12.4 Å². The SMILES string of the molecule is COc1cc(C)c(S(=O)(=O)N2CCCC2COCC(=O)N2CCC(c3cccnc3)C2)c(C)c1. The van der Waals surface area contributed by atoms with Crippen LogP contribution in [0.4, 0.5) is 0 Å². The van der Waals surface area contributed by atoms with Crippen molar-refractivity contribution in [2.45, 2.75) is 50.0 Å². The van der Waals surface area contributed by atoms with Gasteiger partial charge in [-0.15, -0.1) is 0 Å². The van der Waals surface area contributed by atoms with Crippen molar-refractivity contribution in [3.63, 3.8) is 0 Å². The third-order valence-electron chi connectivity index (χ3n) is 6.79. The zero-order valence-corrected chi connectivity index (χ0v) is 20.9. The summed E-state index contributed by atoms with van der Waals surface area (Å²) in [6, 6.07) is 7.17. The van der Waals surface area contributed by atoms with E-state index in [0.717, 1.165) is 18.4 Å². The normalized spacial score (nSPS) is 21.2. The summed E-state index contributed by atoms with van der Waals surface area (Å²) in [5, 5.41) is 0. The molecule has 0 N–H and O–H groups in total. The van der Waals surface area contributed by atoms with Gasteiger partial charge >= 0.3 is 0 Å². The van der Waals surface area contributed by atoms with Crippen LogP contribution in [0.2, 0.25) is 0 Å². The molecule has 2 aliphatic heterocycles. The first-order valence-corrected chi connectivity index (χ1v) is 13.2. The molecule has 0 saturated carbocycles. The van der Waals surface area contributed by atoms with E-state index in [-0.39, 0.29) is 25.2 Å². The molecule has 1 aromatic heterocycles. The van der Waals surface area contributed by atoms with Gasteiger partial charge < -0.3 is 14.4 Å². The first-order chi connectivity index (χ1) is 16.3. The summed E-state index contributed by atoms with van der Waals surface area (Å²) in [7, 11) is -2.11. The van der Waals surface area contributed by atoms with Gasteiger partial charge in [0.2, 0.25) is 15.9 Å². The molecule has 9 heteroatoms. The fraction of sp³-hybridized carbons (Fsp3) is 0.520. The monoisotopic (exact) mass is 487 g/mol. The van der Waals surface area contributed by atoms with Crippen LogP contribution in [0, 0.1) is 13.8 Å². The number of aromatic nitrogens is 1. The summed E-state index contributed by atoms with van der Waals surface area (Å²) >= 11 is 0. The molecule has 3 heterocycles. The first-order valence-electron chi connectivity index (χ1n) is 11.7. The number of amides is 1. The molecule has 2 fully saturated rings. The van der Waals surface area contributed by atoms with E-state index in [4.69, 9.17) is 9.47 Å². The Morgan fingerprint density at radius 2 is 1.94 bits per heavy atom. The maximum absolute atomic E-state index is 13.5. The minimum Gasteiger partial charge on any atom is -0.497 e. The number of sulfonamides is 1. The number of pyridine rings is 1. The molecule has 0 spiro atoms. The summed E-state index contributed by atoms with van der Waals surface area (Å²) in [4.78, 5) is 19.0. The number of benzene rings is 1. The summed E-state index contributed by atoms with van der Waals surface area (Å²) in [6.07, 6.45) is 6.00. The third-order valence-corrected chi connectivity index (χ3v) is 9.05. The van der Waals surface area contributed by atoms with Crippen LogP contribution in [-0.2, 0) is 19.6 Å². The smallest absolute Gasteiger partial charge is 0.248 e. The van der Waals surface area contributed by atoms with Gasteiger partial charge in [0.05, 0.1) is 18.6 Å². The lowest BCUT2D eigenvalue weighted by molar-refractivity contribution is -0.135. The van der Waals surface area contributed by atoms with Gasteiger partial charge in [-0.1, -0.05) is 6.07 Å². The van der Waals surface area contributed by atoms with Crippen molar-refractivity contribution in [2.75, 3.05) is 40.0 Å². The van der Waals surface area contributed by atoms with E-state index in [1.807, 2.05) is 23.2 Å². The molecule has 34 heavy (non-hydrogen) atoms. The third kappa shape index (κ3) is 5.11. The summed E-state index contributed by atoms with van der Waals surface area (Å²) < 4.78 is 39.6. The largest absolute Gasteiger partial charge is 0.497 e. The molecular weight excluding hydrogens is 454 g/mol. The quantitative estimate of drug-likeness (QED) is 0.569. The van der Waals surface area contributed by atoms with Crippen LogP contribution >= 0.6 is 0 Å². The Morgan fingerprint density at radius 1 is 1.18 bits per heavy atom. The van der Waals surface area contributed by atoms with Gasteiger partial charge in [-0.2, -0.15) is 4.31 Å². The number of likely N-dealkylation sites (tertiary alicyclic amines) is 1. The number of ether oxygens (including phenoxy) is 2. The minimum atomic E-state index is -3.68. The van der Waals surface area contributed by atoms with Crippen molar-refractivity contribution in [3.8, 4) is 5.75 Å². The topological polar surface area (TPSA) is 89.0 Å². The number of aryl methyl sites for hydroxylation is 2. The highest BCUT2D eigenvalue weighted by molar-refractivity contribution is 7.89. The first kappa shape index (κ1) is 24.6. The summed E-state index contributed by atoms with van der Waals surface area (Å²) in [5.74, 6) is 0.881. The van der Waals surface area contributed by atoms with E-state index in [0.29, 0.717) is 53.7 Å². The number of hydrogen-bond donors (Lipinski definition) is 0. The molecule has 2 saturated heterocycles. The maximum Gasteiger partial charge on any atom is 0.248 e. The van der Waals surface area contributed by atoms with Crippen LogP contribution in [-0.4, -0.2) is 74.5 Å². The van der Waals surface area contributed by atoms with Gasteiger partial charge in [0.25, 0.3) is 0 Å². The van der Waals surface area contributed by atoms with Crippen LogP contribution in [0.1, 0.15) is 41.9 Å². The van der Waals surface area contributed by atoms with Crippen molar-refractivity contribution in [1.29, 1.82) is 0 Å². The zero-order valence-electron chi connectivity index (χ0n) is 20.1. The molecule has 4 rings (SSSR count). The molecule has 0 bridgehead atoms. The van der Waals surface area contributed by atoms with Crippen molar-refractivity contribution >= 4 is 15.9 Å². The van der Waals surface area contributed by atoms with E-state index in [2.05, 4.69) is 4.98 Å². The van der Waals surface area contributed by atoms with Crippen LogP contribution < -0.4 is 4.74 Å². The van der Waals surface area contributed by atoms with Gasteiger partial charge in [0, 0.05) is 44.0 Å². The Morgan fingerprint density at radius 3 is 2.62 bits per heavy atom. The Kier molecular flexibility index (Phi) is 7.54. The van der Waals surface area contributed by atoms with Crippen molar-refractivity contribution in [1.82, 2.24) is 14.2 Å². The van der Waals surface area contributed by atoms with Crippen LogP contribution in [0.25, 0.3) is 0 Å². The molecule has 2 aliphatic rings. The second kappa shape index (κ2) is 10.4.